The Hall–Kier alpha value is -2.91. The number of rotatable bonds is 4. The van der Waals surface area contributed by atoms with Crippen LogP contribution in [-0.2, 0) is 16.2 Å². The van der Waals surface area contributed by atoms with Crippen molar-refractivity contribution in [1.29, 1.82) is 0 Å². The molecule has 9 nitrogen and oxygen atoms in total. The van der Waals surface area contributed by atoms with Gasteiger partial charge in [0.1, 0.15) is 11.2 Å². The number of hydrogen-bond acceptors (Lipinski definition) is 7. The highest BCUT2D eigenvalue weighted by Gasteiger charge is 2.33. The Morgan fingerprint density at radius 1 is 1.15 bits per heavy atom. The number of nitrogens with zero attached hydrogens (tertiary/aromatic N) is 5. The Morgan fingerprint density at radius 3 is 2.48 bits per heavy atom. The Kier molecular flexibility index (Phi) is 5.74. The minimum Gasteiger partial charge on any atom is -0.390 e. The normalized spacial score (nSPS) is 20.3. The van der Waals surface area contributed by atoms with Gasteiger partial charge in [-0.1, -0.05) is 0 Å². The van der Waals surface area contributed by atoms with E-state index < -0.39 is 51.2 Å². The molecule has 1 fully saturated rings. The molecule has 1 saturated heterocycles. The molecule has 2 N–H and O–H groups in total. The summed E-state index contributed by atoms with van der Waals surface area (Å²) in [7, 11) is -3.48. The molecule has 0 radical (unpaired) electrons. The molecule has 15 heteroatoms. The van der Waals surface area contributed by atoms with Crippen molar-refractivity contribution in [3.63, 3.8) is 0 Å². The summed E-state index contributed by atoms with van der Waals surface area (Å²) in [6, 6.07) is 0.489. The highest BCUT2D eigenvalue weighted by molar-refractivity contribution is 7.88. The molecule has 3 aromatic heterocycles. The van der Waals surface area contributed by atoms with Crippen molar-refractivity contribution in [3.8, 4) is 11.4 Å². The second-order valence-electron chi connectivity index (χ2n) is 7.54. The summed E-state index contributed by atoms with van der Waals surface area (Å²) in [5.74, 6) is -2.26. The van der Waals surface area contributed by atoms with Gasteiger partial charge in [0.2, 0.25) is 16.0 Å². The third kappa shape index (κ3) is 4.60. The predicted octanol–water partition coefficient (Wildman–Crippen LogP) is 1.89. The number of halogens is 5. The summed E-state index contributed by atoms with van der Waals surface area (Å²) in [6.07, 6.45) is -3.14. The van der Waals surface area contributed by atoms with Crippen LogP contribution >= 0.6 is 0 Å². The molecule has 4 heterocycles. The molecule has 0 amide bonds. The fourth-order valence-corrected chi connectivity index (χ4v) is 4.37. The maximum atomic E-state index is 14.4. The van der Waals surface area contributed by atoms with E-state index >= 15 is 0 Å². The number of aromatic nitrogens is 4. The maximum absolute atomic E-state index is 14.4. The first kappa shape index (κ1) is 23.3. The number of pyridine rings is 1. The van der Waals surface area contributed by atoms with E-state index in [2.05, 4.69) is 20.4 Å². The van der Waals surface area contributed by atoms with Crippen molar-refractivity contribution in [2.24, 2.45) is 0 Å². The number of β-amino-alcohol motifs (C(OH)–C–C–N with tert-alkyl or cyclic N) is 1. The minimum absolute atomic E-state index is 0.0940. The van der Waals surface area contributed by atoms with Crippen molar-refractivity contribution in [2.45, 2.75) is 24.7 Å². The second kappa shape index (κ2) is 8.14. The SMILES string of the molecule is CS(=O)(=O)N1CC[C@@H](Nc2ncc3c(F)cc(-c4ncc(C(F)(F)F)cc4F)n3n2)[C@H](O)C1. The van der Waals surface area contributed by atoms with Gasteiger partial charge >= 0.3 is 6.18 Å². The van der Waals surface area contributed by atoms with Gasteiger partial charge in [0.05, 0.1) is 35.9 Å². The molecule has 0 saturated carbocycles. The Morgan fingerprint density at radius 2 is 1.88 bits per heavy atom. The standard InChI is InChI=1S/C18H17F5N6O3S/c1-33(31,32)28-3-2-12(15(30)8-28)26-17-25-7-14-10(19)5-13(29(14)27-17)16-11(20)4-9(6-24-16)18(21,22)23/h4-7,12,15,30H,2-3,8H2,1H3,(H,26,27)/t12-,15-/m1/s1. The van der Waals surface area contributed by atoms with Crippen LogP contribution in [-0.4, -0.2) is 68.9 Å². The highest BCUT2D eigenvalue weighted by Crippen LogP contribution is 2.32. The van der Waals surface area contributed by atoms with E-state index in [0.29, 0.717) is 6.20 Å². The monoisotopic (exact) mass is 492 g/mol. The topological polar surface area (TPSA) is 113 Å². The first-order valence-electron chi connectivity index (χ1n) is 9.51. The van der Waals surface area contributed by atoms with Gasteiger partial charge in [-0.3, -0.25) is 4.98 Å². The molecular formula is C18H17F5N6O3S. The summed E-state index contributed by atoms with van der Waals surface area (Å²) in [5.41, 5.74) is -2.26. The number of sulfonamides is 1. The molecule has 0 bridgehead atoms. The van der Waals surface area contributed by atoms with E-state index in [1.54, 1.807) is 0 Å². The van der Waals surface area contributed by atoms with Crippen LogP contribution in [0.25, 0.3) is 16.9 Å². The zero-order valence-electron chi connectivity index (χ0n) is 16.9. The molecule has 2 atom stereocenters. The zero-order valence-corrected chi connectivity index (χ0v) is 17.7. The van der Waals surface area contributed by atoms with Gasteiger partial charge in [-0.25, -0.2) is 26.7 Å². The molecular weight excluding hydrogens is 475 g/mol. The lowest BCUT2D eigenvalue weighted by atomic mass is 10.0. The average molecular weight is 492 g/mol. The maximum Gasteiger partial charge on any atom is 0.417 e. The molecule has 3 aromatic rings. The number of aliphatic hydroxyl groups is 1. The quantitative estimate of drug-likeness (QED) is 0.535. The third-order valence-electron chi connectivity index (χ3n) is 5.21. The van der Waals surface area contributed by atoms with Crippen LogP contribution < -0.4 is 5.32 Å². The van der Waals surface area contributed by atoms with Gasteiger partial charge < -0.3 is 10.4 Å². The first-order chi connectivity index (χ1) is 15.3. The Balaban J connectivity index is 1.65. The first-order valence-corrected chi connectivity index (χ1v) is 11.4. The predicted molar refractivity (Wildman–Crippen MR) is 106 cm³/mol. The van der Waals surface area contributed by atoms with E-state index in [1.165, 1.54) is 0 Å². The molecule has 33 heavy (non-hydrogen) atoms. The molecule has 1 aliphatic rings. The van der Waals surface area contributed by atoms with E-state index in [-0.39, 0.29) is 42.7 Å². The number of fused-ring (bicyclic) bond motifs is 1. The largest absolute Gasteiger partial charge is 0.417 e. The van der Waals surface area contributed by atoms with Gasteiger partial charge in [-0.2, -0.15) is 17.5 Å². The van der Waals surface area contributed by atoms with Gasteiger partial charge in [0.15, 0.2) is 11.6 Å². The van der Waals surface area contributed by atoms with Crippen LogP contribution in [0.15, 0.2) is 24.5 Å². The number of hydrogen-bond donors (Lipinski definition) is 2. The van der Waals surface area contributed by atoms with Crippen molar-refractivity contribution < 1.29 is 35.5 Å². The smallest absolute Gasteiger partial charge is 0.390 e. The highest BCUT2D eigenvalue weighted by atomic mass is 32.2. The van der Waals surface area contributed by atoms with Gasteiger partial charge in [0, 0.05) is 25.4 Å². The van der Waals surface area contributed by atoms with E-state index in [9.17, 15) is 35.5 Å². The van der Waals surface area contributed by atoms with Gasteiger partial charge in [-0.15, -0.1) is 5.10 Å². The number of nitrogens with one attached hydrogen (secondary N) is 1. The summed E-state index contributed by atoms with van der Waals surface area (Å²) < 4.78 is 92.5. The van der Waals surface area contributed by atoms with E-state index in [4.69, 9.17) is 0 Å². The fraction of sp³-hybridized carbons (Fsp3) is 0.389. The van der Waals surface area contributed by atoms with Crippen LogP contribution in [0.4, 0.5) is 27.9 Å². The number of anilines is 1. The minimum atomic E-state index is -4.80. The van der Waals surface area contributed by atoms with Crippen LogP contribution in [0.1, 0.15) is 12.0 Å². The molecule has 0 unspecified atom stereocenters. The molecule has 178 valence electrons. The van der Waals surface area contributed by atoms with Crippen LogP contribution in [0.2, 0.25) is 0 Å². The molecule has 0 aromatic carbocycles. The number of alkyl halides is 3. The van der Waals surface area contributed by atoms with Gasteiger partial charge in [-0.05, 0) is 12.5 Å². The molecule has 0 aliphatic carbocycles. The molecule has 0 spiro atoms. The van der Waals surface area contributed by atoms with E-state index in [1.807, 2.05) is 0 Å². The summed E-state index contributed by atoms with van der Waals surface area (Å²) in [4.78, 5) is 7.45. The molecule has 1 aliphatic heterocycles. The van der Waals surface area contributed by atoms with Crippen molar-refractivity contribution in [2.75, 3.05) is 24.7 Å². The lowest BCUT2D eigenvalue weighted by Crippen LogP contribution is -2.51. The van der Waals surface area contributed by atoms with E-state index in [0.717, 1.165) is 27.3 Å². The van der Waals surface area contributed by atoms with Crippen molar-refractivity contribution in [1.82, 2.24) is 23.9 Å². The van der Waals surface area contributed by atoms with Crippen LogP contribution in [0, 0.1) is 11.6 Å². The van der Waals surface area contributed by atoms with Crippen LogP contribution in [0.3, 0.4) is 0 Å². The fourth-order valence-electron chi connectivity index (χ4n) is 3.51. The number of piperidine rings is 1. The Bertz CT molecular complexity index is 1310. The Labute approximate surface area is 183 Å². The summed E-state index contributed by atoms with van der Waals surface area (Å²) in [6.45, 7) is -0.0112. The average Bonchev–Trinajstić information content (AvgIpc) is 3.04. The van der Waals surface area contributed by atoms with Crippen molar-refractivity contribution >= 4 is 21.5 Å². The lowest BCUT2D eigenvalue weighted by Gasteiger charge is -2.34. The van der Waals surface area contributed by atoms with Crippen molar-refractivity contribution in [3.05, 3.63) is 41.7 Å². The number of aliphatic hydroxyl groups excluding tert-OH is 1. The zero-order chi connectivity index (χ0) is 24.1. The summed E-state index contributed by atoms with van der Waals surface area (Å²) in [5, 5.41) is 17.2. The second-order valence-corrected chi connectivity index (χ2v) is 9.52. The van der Waals surface area contributed by atoms with Crippen LogP contribution in [0.5, 0.6) is 0 Å². The molecule has 4 rings (SSSR count). The summed E-state index contributed by atoms with van der Waals surface area (Å²) >= 11 is 0. The lowest BCUT2D eigenvalue weighted by molar-refractivity contribution is -0.138. The third-order valence-corrected chi connectivity index (χ3v) is 6.48. The van der Waals surface area contributed by atoms with Gasteiger partial charge in [0.25, 0.3) is 0 Å².